The monoisotopic (exact) mass is 295 g/mol. The van der Waals surface area contributed by atoms with Crippen molar-refractivity contribution in [1.29, 1.82) is 0 Å². The SMILES string of the molecule is CC(=O)NCC1CCN(c2cc(F)cc([N+](=O)[O-])c2)CC1. The average molecular weight is 295 g/mol. The lowest BCUT2D eigenvalue weighted by Gasteiger charge is -2.33. The molecule has 0 spiro atoms. The van der Waals surface area contributed by atoms with Crippen LogP contribution in [0.2, 0.25) is 0 Å². The largest absolute Gasteiger partial charge is 0.371 e. The van der Waals surface area contributed by atoms with E-state index in [9.17, 15) is 19.3 Å². The number of carbonyl (C=O) groups is 1. The molecule has 1 heterocycles. The van der Waals surface area contributed by atoms with E-state index < -0.39 is 10.7 Å². The molecule has 1 aliphatic heterocycles. The fourth-order valence-corrected chi connectivity index (χ4v) is 2.53. The maximum Gasteiger partial charge on any atom is 0.274 e. The summed E-state index contributed by atoms with van der Waals surface area (Å²) in [6.45, 7) is 3.53. The molecule has 21 heavy (non-hydrogen) atoms. The van der Waals surface area contributed by atoms with Gasteiger partial charge in [0, 0.05) is 38.3 Å². The Morgan fingerprint density at radius 1 is 1.43 bits per heavy atom. The van der Waals surface area contributed by atoms with Crippen molar-refractivity contribution in [3.8, 4) is 0 Å². The number of benzene rings is 1. The number of hydrogen-bond donors (Lipinski definition) is 1. The Kier molecular flexibility index (Phi) is 4.72. The summed E-state index contributed by atoms with van der Waals surface area (Å²) in [7, 11) is 0. The van der Waals surface area contributed by atoms with Crippen LogP contribution in [0.15, 0.2) is 18.2 Å². The third kappa shape index (κ3) is 4.14. The summed E-state index contributed by atoms with van der Waals surface area (Å²) in [6.07, 6.45) is 1.73. The van der Waals surface area contributed by atoms with E-state index in [2.05, 4.69) is 5.32 Å². The molecule has 0 bridgehead atoms. The number of amides is 1. The Hall–Kier alpha value is -2.18. The zero-order chi connectivity index (χ0) is 15.4. The first-order chi connectivity index (χ1) is 9.95. The first kappa shape index (κ1) is 15.2. The zero-order valence-corrected chi connectivity index (χ0v) is 11.8. The molecule has 114 valence electrons. The lowest BCUT2D eigenvalue weighted by atomic mass is 9.96. The quantitative estimate of drug-likeness (QED) is 0.681. The number of anilines is 1. The Bertz CT molecular complexity index is 542. The van der Waals surface area contributed by atoms with Crippen LogP contribution in [0.1, 0.15) is 19.8 Å². The lowest BCUT2D eigenvalue weighted by Crippen LogP contribution is -2.38. The maximum atomic E-state index is 13.5. The van der Waals surface area contributed by atoms with Crippen LogP contribution in [0, 0.1) is 21.8 Å². The second kappa shape index (κ2) is 6.51. The highest BCUT2D eigenvalue weighted by molar-refractivity contribution is 5.72. The van der Waals surface area contributed by atoms with Crippen molar-refractivity contribution >= 4 is 17.3 Å². The molecule has 0 unspecified atom stereocenters. The standard InChI is InChI=1S/C14H18FN3O3/c1-10(19)16-9-11-2-4-17(5-3-11)13-6-12(15)7-14(8-13)18(20)21/h6-8,11H,2-5,9H2,1H3,(H,16,19). The van der Waals surface area contributed by atoms with Gasteiger partial charge in [-0.15, -0.1) is 0 Å². The van der Waals surface area contributed by atoms with Crippen molar-refractivity contribution in [3.63, 3.8) is 0 Å². The number of nitro benzene ring substituents is 1. The van der Waals surface area contributed by atoms with Crippen LogP contribution >= 0.6 is 0 Å². The van der Waals surface area contributed by atoms with Gasteiger partial charge in [-0.25, -0.2) is 4.39 Å². The van der Waals surface area contributed by atoms with Gasteiger partial charge in [0.1, 0.15) is 5.82 Å². The first-order valence-electron chi connectivity index (χ1n) is 6.90. The minimum absolute atomic E-state index is 0.0433. The number of nitrogens with zero attached hydrogens (tertiary/aromatic N) is 2. The van der Waals surface area contributed by atoms with E-state index in [-0.39, 0.29) is 11.6 Å². The molecule has 1 aromatic rings. The second-order valence-corrected chi connectivity index (χ2v) is 5.29. The predicted molar refractivity (Wildman–Crippen MR) is 76.7 cm³/mol. The number of piperidine rings is 1. The number of non-ortho nitro benzene ring substituents is 1. The zero-order valence-electron chi connectivity index (χ0n) is 11.8. The van der Waals surface area contributed by atoms with Gasteiger partial charge in [0.25, 0.3) is 5.69 Å². The maximum absolute atomic E-state index is 13.5. The molecule has 1 N–H and O–H groups in total. The third-order valence-electron chi connectivity index (χ3n) is 3.70. The Morgan fingerprint density at radius 2 is 2.10 bits per heavy atom. The molecular formula is C14H18FN3O3. The summed E-state index contributed by atoms with van der Waals surface area (Å²) in [4.78, 5) is 23.0. The van der Waals surface area contributed by atoms with Gasteiger partial charge in [-0.2, -0.15) is 0 Å². The van der Waals surface area contributed by atoms with E-state index >= 15 is 0 Å². The van der Waals surface area contributed by atoms with Crippen molar-refractivity contribution in [1.82, 2.24) is 5.32 Å². The second-order valence-electron chi connectivity index (χ2n) is 5.29. The van der Waals surface area contributed by atoms with E-state index in [1.165, 1.54) is 19.1 Å². The van der Waals surface area contributed by atoms with E-state index in [4.69, 9.17) is 0 Å². The molecule has 0 saturated carbocycles. The number of carbonyl (C=O) groups excluding carboxylic acids is 1. The summed E-state index contributed by atoms with van der Waals surface area (Å²) in [5.41, 5.74) is 0.310. The van der Waals surface area contributed by atoms with Crippen LogP contribution in [-0.2, 0) is 4.79 Å². The fourth-order valence-electron chi connectivity index (χ4n) is 2.53. The number of nitrogens with one attached hydrogen (secondary N) is 1. The molecule has 0 aliphatic carbocycles. The van der Waals surface area contributed by atoms with Gasteiger partial charge < -0.3 is 10.2 Å². The fraction of sp³-hybridized carbons (Fsp3) is 0.500. The van der Waals surface area contributed by atoms with Crippen LogP contribution in [0.4, 0.5) is 15.8 Å². The molecule has 1 aromatic carbocycles. The summed E-state index contributed by atoms with van der Waals surface area (Å²) in [5, 5.41) is 13.6. The average Bonchev–Trinajstić information content (AvgIpc) is 2.45. The molecule has 0 atom stereocenters. The van der Waals surface area contributed by atoms with Crippen molar-refractivity contribution in [2.75, 3.05) is 24.5 Å². The summed E-state index contributed by atoms with van der Waals surface area (Å²) in [5.74, 6) is -0.244. The molecule has 1 fully saturated rings. The lowest BCUT2D eigenvalue weighted by molar-refractivity contribution is -0.385. The minimum atomic E-state index is -0.598. The molecule has 0 radical (unpaired) electrons. The van der Waals surface area contributed by atoms with Gasteiger partial charge in [0.2, 0.25) is 5.91 Å². The smallest absolute Gasteiger partial charge is 0.274 e. The van der Waals surface area contributed by atoms with Crippen LogP contribution in [0.25, 0.3) is 0 Å². The Balaban J connectivity index is 1.99. The Labute approximate surface area is 122 Å². The molecule has 1 saturated heterocycles. The van der Waals surface area contributed by atoms with Gasteiger partial charge >= 0.3 is 0 Å². The molecule has 1 amide bonds. The first-order valence-corrected chi connectivity index (χ1v) is 6.90. The summed E-state index contributed by atoms with van der Waals surface area (Å²) < 4.78 is 13.5. The summed E-state index contributed by atoms with van der Waals surface area (Å²) >= 11 is 0. The summed E-state index contributed by atoms with van der Waals surface area (Å²) in [6, 6.07) is 3.64. The highest BCUT2D eigenvalue weighted by atomic mass is 19.1. The minimum Gasteiger partial charge on any atom is -0.371 e. The van der Waals surface area contributed by atoms with Crippen molar-refractivity contribution in [2.24, 2.45) is 5.92 Å². The van der Waals surface area contributed by atoms with Crippen LogP contribution < -0.4 is 10.2 Å². The van der Waals surface area contributed by atoms with Gasteiger partial charge in [-0.3, -0.25) is 14.9 Å². The van der Waals surface area contributed by atoms with Gasteiger partial charge in [0.15, 0.2) is 0 Å². The van der Waals surface area contributed by atoms with Gasteiger partial charge in [0.05, 0.1) is 11.0 Å². The number of rotatable bonds is 4. The van der Waals surface area contributed by atoms with E-state index in [0.717, 1.165) is 18.9 Å². The van der Waals surface area contributed by atoms with Gasteiger partial charge in [-0.1, -0.05) is 0 Å². The van der Waals surface area contributed by atoms with E-state index in [1.807, 2.05) is 4.90 Å². The highest BCUT2D eigenvalue weighted by Crippen LogP contribution is 2.27. The number of nitro groups is 1. The predicted octanol–water partition coefficient (Wildman–Crippen LogP) is 2.09. The molecule has 0 aromatic heterocycles. The number of halogens is 1. The molecule has 7 heteroatoms. The van der Waals surface area contributed by atoms with Crippen molar-refractivity contribution < 1.29 is 14.1 Å². The van der Waals surface area contributed by atoms with E-state index in [0.29, 0.717) is 31.2 Å². The van der Waals surface area contributed by atoms with Gasteiger partial charge in [-0.05, 0) is 24.8 Å². The molecular weight excluding hydrogens is 277 g/mol. The highest BCUT2D eigenvalue weighted by Gasteiger charge is 2.21. The Morgan fingerprint density at radius 3 is 2.67 bits per heavy atom. The van der Waals surface area contributed by atoms with Crippen molar-refractivity contribution in [3.05, 3.63) is 34.1 Å². The normalized spacial score (nSPS) is 15.8. The molecule has 6 nitrogen and oxygen atoms in total. The molecule has 1 aliphatic rings. The number of hydrogen-bond acceptors (Lipinski definition) is 4. The van der Waals surface area contributed by atoms with Crippen molar-refractivity contribution in [2.45, 2.75) is 19.8 Å². The van der Waals surface area contributed by atoms with Crippen LogP contribution in [0.3, 0.4) is 0 Å². The topological polar surface area (TPSA) is 75.5 Å². The third-order valence-corrected chi connectivity index (χ3v) is 3.70. The molecule has 2 rings (SSSR count). The van der Waals surface area contributed by atoms with E-state index in [1.54, 1.807) is 0 Å². The van der Waals surface area contributed by atoms with Crippen LogP contribution in [-0.4, -0.2) is 30.5 Å². The van der Waals surface area contributed by atoms with Crippen LogP contribution in [0.5, 0.6) is 0 Å².